The summed E-state index contributed by atoms with van der Waals surface area (Å²) in [4.78, 5) is 40.3. The van der Waals surface area contributed by atoms with Crippen molar-refractivity contribution < 1.29 is 19.1 Å². The Morgan fingerprint density at radius 3 is 2.50 bits per heavy atom. The summed E-state index contributed by atoms with van der Waals surface area (Å²) in [6.45, 7) is 1.20. The van der Waals surface area contributed by atoms with E-state index in [1.54, 1.807) is 23.1 Å². The molecule has 4 rings (SSSR count). The predicted molar refractivity (Wildman–Crippen MR) is 133 cm³/mol. The van der Waals surface area contributed by atoms with Crippen molar-refractivity contribution in [3.05, 3.63) is 65.2 Å². The van der Waals surface area contributed by atoms with Crippen LogP contribution in [-0.4, -0.2) is 48.1 Å². The number of carbonyl (C=O) groups is 3. The fourth-order valence-electron chi connectivity index (χ4n) is 4.66. The zero-order valence-corrected chi connectivity index (χ0v) is 20.3. The number of nitrogens with one attached hydrogen (secondary N) is 1. The van der Waals surface area contributed by atoms with Gasteiger partial charge in [0.05, 0.1) is 17.4 Å². The van der Waals surface area contributed by atoms with E-state index >= 15 is 0 Å². The van der Waals surface area contributed by atoms with Crippen molar-refractivity contribution in [3.8, 4) is 0 Å². The first-order valence-corrected chi connectivity index (χ1v) is 13.1. The van der Waals surface area contributed by atoms with Gasteiger partial charge in [0.15, 0.2) is 6.61 Å². The first-order chi connectivity index (χ1) is 16.6. The zero-order valence-electron chi connectivity index (χ0n) is 19.5. The van der Waals surface area contributed by atoms with E-state index in [1.165, 1.54) is 22.9 Å². The molecule has 0 bridgehead atoms. The summed E-state index contributed by atoms with van der Waals surface area (Å²) in [7, 11) is 0. The van der Waals surface area contributed by atoms with Gasteiger partial charge >= 0.3 is 5.97 Å². The third-order valence-corrected chi connectivity index (χ3v) is 7.53. The summed E-state index contributed by atoms with van der Waals surface area (Å²) in [5, 5.41) is 3.15. The average molecular weight is 481 g/mol. The van der Waals surface area contributed by atoms with Crippen molar-refractivity contribution in [3.63, 3.8) is 0 Å². The summed E-state index contributed by atoms with van der Waals surface area (Å²) in [6, 6.07) is 15.4. The van der Waals surface area contributed by atoms with Crippen LogP contribution in [0.5, 0.6) is 0 Å². The molecule has 0 spiro atoms. The fraction of sp³-hybridized carbons (Fsp3) is 0.444. The van der Waals surface area contributed by atoms with Crippen molar-refractivity contribution in [2.24, 2.45) is 0 Å². The Morgan fingerprint density at radius 2 is 1.68 bits per heavy atom. The Kier molecular flexibility index (Phi) is 8.63. The topological polar surface area (TPSA) is 75.7 Å². The van der Waals surface area contributed by atoms with Crippen LogP contribution in [0.25, 0.3) is 0 Å². The van der Waals surface area contributed by atoms with Crippen LogP contribution in [0.2, 0.25) is 0 Å². The van der Waals surface area contributed by atoms with Crippen molar-refractivity contribution >= 4 is 29.5 Å². The molecule has 0 unspecified atom stereocenters. The second-order valence-electron chi connectivity index (χ2n) is 8.87. The first-order valence-electron chi connectivity index (χ1n) is 12.2. The average Bonchev–Trinajstić information content (AvgIpc) is 3.16. The molecule has 180 valence electrons. The number of nitrogens with zero attached hydrogens (tertiary/aromatic N) is 1. The number of esters is 1. The zero-order chi connectivity index (χ0) is 23.8. The molecular weight excluding hydrogens is 448 g/mol. The number of amides is 2. The van der Waals surface area contributed by atoms with Crippen molar-refractivity contribution in [2.45, 2.75) is 55.9 Å². The van der Waals surface area contributed by atoms with Crippen LogP contribution in [-0.2, 0) is 20.7 Å². The molecule has 1 atom stereocenters. The van der Waals surface area contributed by atoms with Gasteiger partial charge in [-0.1, -0.05) is 49.2 Å². The molecule has 2 amide bonds. The molecule has 0 radical (unpaired) electrons. The summed E-state index contributed by atoms with van der Waals surface area (Å²) in [6.07, 6.45) is 7.29. The molecule has 0 saturated carbocycles. The minimum atomic E-state index is -0.534. The quantitative estimate of drug-likeness (QED) is 0.465. The van der Waals surface area contributed by atoms with E-state index in [0.29, 0.717) is 10.5 Å². The lowest BCUT2D eigenvalue weighted by Crippen LogP contribution is -2.35. The lowest BCUT2D eigenvalue weighted by Gasteiger charge is -2.26. The van der Waals surface area contributed by atoms with E-state index in [0.717, 1.165) is 58.0 Å². The summed E-state index contributed by atoms with van der Waals surface area (Å²) >= 11 is 1.31. The molecule has 1 fully saturated rings. The van der Waals surface area contributed by atoms with Gasteiger partial charge in [-0.2, -0.15) is 0 Å². The Hall–Kier alpha value is -2.80. The first kappa shape index (κ1) is 24.3. The van der Waals surface area contributed by atoms with Crippen LogP contribution in [0.4, 0.5) is 0 Å². The smallest absolute Gasteiger partial charge is 0.339 e. The van der Waals surface area contributed by atoms with Crippen LogP contribution >= 0.6 is 11.8 Å². The van der Waals surface area contributed by atoms with Crippen LogP contribution in [0.15, 0.2) is 53.4 Å². The molecule has 1 aliphatic carbocycles. The number of fused-ring (bicyclic) bond motifs is 1. The number of benzene rings is 2. The molecule has 1 N–H and O–H groups in total. The highest BCUT2D eigenvalue weighted by molar-refractivity contribution is 8.00. The van der Waals surface area contributed by atoms with Gasteiger partial charge in [0.25, 0.3) is 5.91 Å². The Morgan fingerprint density at radius 1 is 0.941 bits per heavy atom. The second-order valence-corrected chi connectivity index (χ2v) is 9.88. The second kappa shape index (κ2) is 12.1. The maximum absolute atomic E-state index is 12.7. The highest BCUT2D eigenvalue weighted by atomic mass is 32.2. The number of ether oxygens (including phenoxy) is 1. The van der Waals surface area contributed by atoms with E-state index in [4.69, 9.17) is 4.74 Å². The van der Waals surface area contributed by atoms with Gasteiger partial charge < -0.3 is 15.0 Å². The minimum Gasteiger partial charge on any atom is -0.452 e. The van der Waals surface area contributed by atoms with Crippen molar-refractivity contribution in [2.75, 3.05) is 25.4 Å². The largest absolute Gasteiger partial charge is 0.452 e. The Labute approximate surface area is 205 Å². The van der Waals surface area contributed by atoms with Crippen molar-refractivity contribution in [1.29, 1.82) is 0 Å². The normalized spacial score (nSPS) is 17.9. The van der Waals surface area contributed by atoms with Crippen LogP contribution in [0, 0.1) is 0 Å². The molecular formula is C27H32N2O4S. The Bertz CT molecular complexity index is 1020. The molecule has 1 saturated heterocycles. The third kappa shape index (κ3) is 6.41. The van der Waals surface area contributed by atoms with E-state index in [-0.39, 0.29) is 30.2 Å². The van der Waals surface area contributed by atoms with E-state index in [1.807, 2.05) is 18.2 Å². The van der Waals surface area contributed by atoms with Crippen molar-refractivity contribution in [1.82, 2.24) is 10.2 Å². The molecule has 6 nitrogen and oxygen atoms in total. The maximum Gasteiger partial charge on any atom is 0.339 e. The molecule has 0 aromatic heterocycles. The van der Waals surface area contributed by atoms with Gasteiger partial charge in [-0.15, -0.1) is 11.8 Å². The van der Waals surface area contributed by atoms with Crippen LogP contribution in [0.1, 0.15) is 66.1 Å². The van der Waals surface area contributed by atoms with E-state index in [2.05, 4.69) is 17.4 Å². The number of carbonyl (C=O) groups excluding carboxylic acids is 3. The number of rotatable bonds is 7. The lowest BCUT2D eigenvalue weighted by molar-refractivity contribution is -0.134. The molecule has 2 aromatic carbocycles. The number of aryl methyl sites for hydroxylation is 1. The number of likely N-dealkylation sites (tertiary alicyclic amines) is 1. The predicted octanol–water partition coefficient (Wildman–Crippen LogP) is 4.53. The standard InChI is InChI=1S/C27H32N2O4S/c30-25(28-23-14-9-11-20-10-3-4-12-21(20)23)19-34-24-15-6-5-13-22(24)27(32)33-18-26(31)29-16-7-1-2-8-17-29/h3-6,10,12-13,15,23H,1-2,7-9,11,14,16-19H2,(H,28,30)/t23-/m0/s1. The summed E-state index contributed by atoms with van der Waals surface area (Å²) < 4.78 is 5.35. The maximum atomic E-state index is 12.7. The van der Waals surface area contributed by atoms with E-state index < -0.39 is 5.97 Å². The summed E-state index contributed by atoms with van der Waals surface area (Å²) in [5.41, 5.74) is 2.88. The van der Waals surface area contributed by atoms with Crippen LogP contribution in [0.3, 0.4) is 0 Å². The third-order valence-electron chi connectivity index (χ3n) is 6.46. The SMILES string of the molecule is O=C(CSc1ccccc1C(=O)OCC(=O)N1CCCCCC1)N[C@H]1CCCc2ccccc21. The van der Waals surface area contributed by atoms with E-state index in [9.17, 15) is 14.4 Å². The number of thioether (sulfide) groups is 1. The minimum absolute atomic E-state index is 0.0308. The number of hydrogen-bond acceptors (Lipinski definition) is 5. The lowest BCUT2D eigenvalue weighted by atomic mass is 9.88. The molecule has 1 heterocycles. The molecule has 1 aliphatic heterocycles. The van der Waals surface area contributed by atoms with Gasteiger partial charge in [-0.3, -0.25) is 9.59 Å². The highest BCUT2D eigenvalue weighted by Crippen LogP contribution is 2.30. The molecule has 2 aromatic rings. The monoisotopic (exact) mass is 480 g/mol. The summed E-state index contributed by atoms with van der Waals surface area (Å²) in [5.74, 6) is -0.540. The Balaban J connectivity index is 1.30. The van der Waals surface area contributed by atoms with Gasteiger partial charge in [-0.05, 0) is 55.4 Å². The molecule has 2 aliphatic rings. The van der Waals surface area contributed by atoms with Crippen LogP contribution < -0.4 is 5.32 Å². The number of hydrogen-bond donors (Lipinski definition) is 1. The molecule has 7 heteroatoms. The van der Waals surface area contributed by atoms with Gasteiger partial charge in [0.1, 0.15) is 0 Å². The fourth-order valence-corrected chi connectivity index (χ4v) is 5.51. The molecule has 34 heavy (non-hydrogen) atoms. The highest BCUT2D eigenvalue weighted by Gasteiger charge is 2.22. The van der Waals surface area contributed by atoms with Gasteiger partial charge in [0, 0.05) is 18.0 Å². The van der Waals surface area contributed by atoms with Gasteiger partial charge in [-0.25, -0.2) is 4.79 Å². The van der Waals surface area contributed by atoms with Gasteiger partial charge in [0.2, 0.25) is 5.91 Å².